The first-order valence-corrected chi connectivity index (χ1v) is 10.9. The van der Waals surface area contributed by atoms with Gasteiger partial charge in [0, 0.05) is 38.7 Å². The summed E-state index contributed by atoms with van der Waals surface area (Å²) in [6, 6.07) is 0.518. The number of ether oxygens (including phenoxy) is 2. The molecule has 0 aromatic rings. The lowest BCUT2D eigenvalue weighted by atomic mass is 10.0. The van der Waals surface area contributed by atoms with Crippen molar-refractivity contribution >= 4 is 5.96 Å². The molecule has 0 aromatic heterocycles. The second-order valence-corrected chi connectivity index (χ2v) is 7.87. The van der Waals surface area contributed by atoms with Crippen LogP contribution in [-0.4, -0.2) is 88.0 Å². The molecule has 0 amide bonds. The fourth-order valence-corrected chi connectivity index (χ4v) is 3.79. The van der Waals surface area contributed by atoms with Crippen molar-refractivity contribution in [2.24, 2.45) is 16.8 Å². The molecule has 27 heavy (non-hydrogen) atoms. The van der Waals surface area contributed by atoms with Crippen LogP contribution in [0.25, 0.3) is 0 Å². The lowest BCUT2D eigenvalue weighted by Gasteiger charge is -2.30. The third kappa shape index (κ3) is 9.26. The molecule has 0 radical (unpaired) electrons. The second kappa shape index (κ2) is 14.2. The first-order chi connectivity index (χ1) is 13.0. The Morgan fingerprint density at radius 3 is 2.56 bits per heavy atom. The Hall–Kier alpha value is -0.850. The SMILES string of the molecule is CCNC(=NCC(CC(C)C)N(CC)CC)N1CCC(COCCOC)C1. The number of likely N-dealkylation sites (tertiary alicyclic amines) is 1. The summed E-state index contributed by atoms with van der Waals surface area (Å²) >= 11 is 0. The number of nitrogens with zero attached hydrogens (tertiary/aromatic N) is 3. The Bertz CT molecular complexity index is 400. The molecule has 0 aliphatic carbocycles. The van der Waals surface area contributed by atoms with Gasteiger partial charge in [0.1, 0.15) is 0 Å². The maximum atomic E-state index is 5.73. The number of guanidine groups is 1. The molecule has 1 rings (SSSR count). The highest BCUT2D eigenvalue weighted by Crippen LogP contribution is 2.17. The summed E-state index contributed by atoms with van der Waals surface area (Å²) in [6.07, 6.45) is 2.36. The number of methoxy groups -OCH3 is 1. The number of likely N-dealkylation sites (N-methyl/N-ethyl adjacent to an activating group) is 1. The number of aliphatic imine (C=N–C) groups is 1. The summed E-state index contributed by atoms with van der Waals surface area (Å²) in [5.41, 5.74) is 0. The van der Waals surface area contributed by atoms with Gasteiger partial charge in [-0.1, -0.05) is 27.7 Å². The van der Waals surface area contributed by atoms with Crippen LogP contribution in [0.15, 0.2) is 4.99 Å². The first-order valence-electron chi connectivity index (χ1n) is 10.9. The zero-order valence-corrected chi connectivity index (χ0v) is 18.7. The van der Waals surface area contributed by atoms with E-state index in [2.05, 4.69) is 49.7 Å². The zero-order chi connectivity index (χ0) is 20.1. The van der Waals surface area contributed by atoms with Gasteiger partial charge < -0.3 is 19.7 Å². The van der Waals surface area contributed by atoms with Crippen LogP contribution in [0.3, 0.4) is 0 Å². The van der Waals surface area contributed by atoms with Gasteiger partial charge in [0.2, 0.25) is 0 Å². The Labute approximate surface area is 167 Å². The Morgan fingerprint density at radius 2 is 1.96 bits per heavy atom. The number of nitrogens with one attached hydrogen (secondary N) is 1. The van der Waals surface area contributed by atoms with Crippen LogP contribution in [-0.2, 0) is 9.47 Å². The molecule has 0 saturated carbocycles. The topological polar surface area (TPSA) is 49.3 Å². The Morgan fingerprint density at radius 1 is 1.22 bits per heavy atom. The molecule has 0 bridgehead atoms. The monoisotopic (exact) mass is 384 g/mol. The molecule has 0 aromatic carbocycles. The van der Waals surface area contributed by atoms with E-state index < -0.39 is 0 Å². The minimum absolute atomic E-state index is 0.518. The van der Waals surface area contributed by atoms with E-state index in [9.17, 15) is 0 Å². The molecule has 2 unspecified atom stereocenters. The predicted octanol–water partition coefficient (Wildman–Crippen LogP) is 2.69. The van der Waals surface area contributed by atoms with Gasteiger partial charge in [-0.2, -0.15) is 0 Å². The molecular formula is C21H44N4O2. The van der Waals surface area contributed by atoms with Crippen LogP contribution >= 0.6 is 0 Å². The van der Waals surface area contributed by atoms with Gasteiger partial charge >= 0.3 is 0 Å². The molecule has 1 aliphatic heterocycles. The summed E-state index contributed by atoms with van der Waals surface area (Å²) in [7, 11) is 1.71. The molecule has 160 valence electrons. The zero-order valence-electron chi connectivity index (χ0n) is 18.7. The van der Waals surface area contributed by atoms with Crippen LogP contribution in [0.4, 0.5) is 0 Å². The highest BCUT2D eigenvalue weighted by atomic mass is 16.5. The van der Waals surface area contributed by atoms with E-state index in [0.717, 1.165) is 51.8 Å². The quantitative estimate of drug-likeness (QED) is 0.301. The third-order valence-electron chi connectivity index (χ3n) is 5.23. The molecule has 0 spiro atoms. The largest absolute Gasteiger partial charge is 0.382 e. The average Bonchev–Trinajstić information content (AvgIpc) is 3.11. The van der Waals surface area contributed by atoms with Crippen LogP contribution in [0, 0.1) is 11.8 Å². The second-order valence-electron chi connectivity index (χ2n) is 7.87. The van der Waals surface area contributed by atoms with Crippen molar-refractivity contribution in [3.05, 3.63) is 0 Å². The Kier molecular flexibility index (Phi) is 12.7. The number of hydrogen-bond acceptors (Lipinski definition) is 4. The molecule has 6 nitrogen and oxygen atoms in total. The van der Waals surface area contributed by atoms with Crippen molar-refractivity contribution < 1.29 is 9.47 Å². The molecule has 6 heteroatoms. The van der Waals surface area contributed by atoms with Crippen molar-refractivity contribution in [3.63, 3.8) is 0 Å². The van der Waals surface area contributed by atoms with E-state index in [4.69, 9.17) is 14.5 Å². The molecule has 2 atom stereocenters. The molecule has 1 heterocycles. The predicted molar refractivity (Wildman–Crippen MR) is 115 cm³/mol. The van der Waals surface area contributed by atoms with Gasteiger partial charge in [0.05, 0.1) is 26.4 Å². The number of hydrogen-bond donors (Lipinski definition) is 1. The number of rotatable bonds is 13. The van der Waals surface area contributed by atoms with E-state index >= 15 is 0 Å². The van der Waals surface area contributed by atoms with Crippen LogP contribution in [0.2, 0.25) is 0 Å². The first kappa shape index (κ1) is 24.2. The van der Waals surface area contributed by atoms with Gasteiger partial charge in [0.15, 0.2) is 5.96 Å². The highest BCUT2D eigenvalue weighted by Gasteiger charge is 2.25. The minimum atomic E-state index is 0.518. The maximum Gasteiger partial charge on any atom is 0.193 e. The van der Waals surface area contributed by atoms with Crippen molar-refractivity contribution in [2.75, 3.05) is 66.2 Å². The van der Waals surface area contributed by atoms with E-state index in [0.29, 0.717) is 31.1 Å². The maximum absolute atomic E-state index is 5.73. The average molecular weight is 385 g/mol. The van der Waals surface area contributed by atoms with Crippen LogP contribution in [0.5, 0.6) is 0 Å². The molecule has 1 aliphatic rings. The lowest BCUT2D eigenvalue weighted by Crippen LogP contribution is -2.43. The summed E-state index contributed by atoms with van der Waals surface area (Å²) in [5.74, 6) is 2.34. The third-order valence-corrected chi connectivity index (χ3v) is 5.23. The van der Waals surface area contributed by atoms with Gasteiger partial charge in [0.25, 0.3) is 0 Å². The van der Waals surface area contributed by atoms with Gasteiger partial charge in [-0.15, -0.1) is 0 Å². The van der Waals surface area contributed by atoms with Gasteiger partial charge in [-0.05, 0) is 38.8 Å². The molecular weight excluding hydrogens is 340 g/mol. The fraction of sp³-hybridized carbons (Fsp3) is 0.952. The van der Waals surface area contributed by atoms with Crippen LogP contribution < -0.4 is 5.32 Å². The van der Waals surface area contributed by atoms with Gasteiger partial charge in [-0.25, -0.2) is 0 Å². The molecule has 1 saturated heterocycles. The summed E-state index contributed by atoms with van der Waals surface area (Å²) < 4.78 is 10.8. The van der Waals surface area contributed by atoms with Crippen molar-refractivity contribution in [3.8, 4) is 0 Å². The standard InChI is InChI=1S/C21H44N4O2/c1-7-22-21(23-15-20(14-18(4)5)24(8-2)9-3)25-11-10-19(16-25)17-27-13-12-26-6/h18-20H,7-17H2,1-6H3,(H,22,23). The smallest absolute Gasteiger partial charge is 0.193 e. The summed E-state index contributed by atoms with van der Waals surface area (Å²) in [5, 5.41) is 3.50. The van der Waals surface area contributed by atoms with E-state index in [1.807, 2.05) is 0 Å². The minimum Gasteiger partial charge on any atom is -0.382 e. The van der Waals surface area contributed by atoms with E-state index in [1.165, 1.54) is 12.8 Å². The Balaban J connectivity index is 2.64. The van der Waals surface area contributed by atoms with Crippen LogP contribution in [0.1, 0.15) is 47.5 Å². The van der Waals surface area contributed by atoms with Gasteiger partial charge in [-0.3, -0.25) is 9.89 Å². The molecule has 1 fully saturated rings. The van der Waals surface area contributed by atoms with Crippen molar-refractivity contribution in [1.82, 2.24) is 15.1 Å². The van der Waals surface area contributed by atoms with Crippen molar-refractivity contribution in [1.29, 1.82) is 0 Å². The lowest BCUT2D eigenvalue weighted by molar-refractivity contribution is 0.0536. The van der Waals surface area contributed by atoms with Crippen molar-refractivity contribution in [2.45, 2.75) is 53.5 Å². The summed E-state index contributed by atoms with van der Waals surface area (Å²) in [4.78, 5) is 9.99. The normalized spacial score (nSPS) is 19.3. The summed E-state index contributed by atoms with van der Waals surface area (Å²) in [6.45, 7) is 19.5. The van der Waals surface area contributed by atoms with E-state index in [1.54, 1.807) is 7.11 Å². The van der Waals surface area contributed by atoms with E-state index in [-0.39, 0.29) is 0 Å². The highest BCUT2D eigenvalue weighted by molar-refractivity contribution is 5.80. The fourth-order valence-electron chi connectivity index (χ4n) is 3.79. The molecule has 1 N–H and O–H groups in total.